The lowest BCUT2D eigenvalue weighted by molar-refractivity contribution is 0.0911. The summed E-state index contributed by atoms with van der Waals surface area (Å²) >= 11 is 12.0. The van der Waals surface area contributed by atoms with Crippen LogP contribution in [0.4, 0.5) is 0 Å². The summed E-state index contributed by atoms with van der Waals surface area (Å²) in [6.07, 6.45) is 0.263. The largest absolute Gasteiger partial charge is 0.386 e. The molecule has 1 unspecified atom stereocenters. The topological polar surface area (TPSA) is 86.0 Å². The first-order valence-corrected chi connectivity index (χ1v) is 7.05. The molecular weight excluding hydrogens is 325 g/mol. The maximum atomic E-state index is 11.9. The van der Waals surface area contributed by atoms with Crippen LogP contribution in [0.1, 0.15) is 27.7 Å². The third-order valence-electron chi connectivity index (χ3n) is 2.91. The molecule has 1 amide bonds. The van der Waals surface area contributed by atoms with Gasteiger partial charge in [-0.15, -0.1) is 0 Å². The van der Waals surface area contributed by atoms with E-state index < -0.39 is 12.0 Å². The molecule has 2 rings (SSSR count). The molecule has 0 aliphatic heterocycles. The number of nitrogens with one attached hydrogen (secondary N) is 1. The smallest absolute Gasteiger partial charge is 0.269 e. The Morgan fingerprint density at radius 2 is 2.00 bits per heavy atom. The van der Waals surface area contributed by atoms with E-state index in [2.05, 4.69) is 10.3 Å². The number of benzene rings is 1. The third kappa shape index (κ3) is 3.74. The van der Waals surface area contributed by atoms with E-state index >= 15 is 0 Å². The molecule has 1 aromatic heterocycles. The average Bonchev–Trinajstić information content (AvgIpc) is 2.52. The van der Waals surface area contributed by atoms with Crippen molar-refractivity contribution < 1.29 is 9.90 Å². The summed E-state index contributed by atoms with van der Waals surface area (Å²) < 4.78 is 0. The first-order valence-electron chi connectivity index (χ1n) is 6.29. The Bertz CT molecular complexity index is 706. The highest BCUT2D eigenvalue weighted by Gasteiger charge is 2.17. The predicted molar refractivity (Wildman–Crippen MR) is 82.7 cm³/mol. The zero-order valence-corrected chi connectivity index (χ0v) is 12.8. The summed E-state index contributed by atoms with van der Waals surface area (Å²) in [7, 11) is 0. The molecule has 1 atom stereocenters. The van der Waals surface area contributed by atoms with E-state index in [4.69, 9.17) is 28.5 Å². The van der Waals surface area contributed by atoms with Gasteiger partial charge in [-0.3, -0.25) is 4.79 Å². The molecule has 2 aromatic rings. The van der Waals surface area contributed by atoms with Crippen LogP contribution in [0.5, 0.6) is 0 Å². The molecule has 0 saturated carbocycles. The number of hydrogen-bond donors (Lipinski definition) is 2. The Labute approximate surface area is 137 Å². The summed E-state index contributed by atoms with van der Waals surface area (Å²) in [5.41, 5.74) is 0.870. The lowest BCUT2D eigenvalue weighted by Crippen LogP contribution is -2.29. The van der Waals surface area contributed by atoms with Gasteiger partial charge in [0.15, 0.2) is 0 Å². The lowest BCUT2D eigenvalue weighted by atomic mass is 10.1. The number of nitrogens with zero attached hydrogens (tertiary/aromatic N) is 2. The number of pyridine rings is 1. The molecule has 5 nitrogen and oxygen atoms in total. The van der Waals surface area contributed by atoms with Gasteiger partial charge in [0.25, 0.3) is 5.91 Å². The number of halogens is 2. The van der Waals surface area contributed by atoms with Gasteiger partial charge in [-0.2, -0.15) is 5.26 Å². The van der Waals surface area contributed by atoms with Gasteiger partial charge in [-0.1, -0.05) is 29.3 Å². The van der Waals surface area contributed by atoms with Crippen LogP contribution in [-0.4, -0.2) is 22.5 Å². The van der Waals surface area contributed by atoms with E-state index in [-0.39, 0.29) is 12.2 Å². The van der Waals surface area contributed by atoms with Crippen LogP contribution < -0.4 is 5.32 Å². The Morgan fingerprint density at radius 3 is 2.55 bits per heavy atom. The zero-order chi connectivity index (χ0) is 16.1. The van der Waals surface area contributed by atoms with E-state index in [9.17, 15) is 9.90 Å². The van der Waals surface area contributed by atoms with E-state index in [1.165, 1.54) is 18.3 Å². The van der Waals surface area contributed by atoms with Gasteiger partial charge in [-0.05, 0) is 24.3 Å². The molecule has 0 aliphatic carbocycles. The second kappa shape index (κ2) is 7.23. The van der Waals surface area contributed by atoms with E-state index in [1.807, 2.05) is 6.07 Å². The van der Waals surface area contributed by atoms with Crippen molar-refractivity contribution in [3.05, 3.63) is 63.4 Å². The number of aliphatic hydroxyl groups is 1. The number of amides is 1. The van der Waals surface area contributed by atoms with Crippen LogP contribution >= 0.6 is 23.2 Å². The van der Waals surface area contributed by atoms with Gasteiger partial charge in [0.2, 0.25) is 0 Å². The number of carbonyl (C=O) groups is 1. The molecule has 7 heteroatoms. The summed E-state index contributed by atoms with van der Waals surface area (Å²) in [5, 5.41) is 22.0. The fourth-order valence-electron chi connectivity index (χ4n) is 1.81. The van der Waals surface area contributed by atoms with Crippen molar-refractivity contribution in [1.29, 1.82) is 5.26 Å². The molecule has 1 aromatic carbocycles. The van der Waals surface area contributed by atoms with Crippen molar-refractivity contribution in [2.45, 2.75) is 6.10 Å². The molecule has 0 spiro atoms. The number of nitriles is 1. The first-order chi connectivity index (χ1) is 10.5. The van der Waals surface area contributed by atoms with Crippen molar-refractivity contribution in [2.75, 3.05) is 6.54 Å². The Kier molecular flexibility index (Phi) is 5.34. The van der Waals surface area contributed by atoms with Gasteiger partial charge in [0.1, 0.15) is 11.8 Å². The van der Waals surface area contributed by atoms with Gasteiger partial charge < -0.3 is 10.4 Å². The van der Waals surface area contributed by atoms with Crippen LogP contribution in [0.3, 0.4) is 0 Å². The number of aliphatic hydroxyl groups excluding tert-OH is 1. The summed E-state index contributed by atoms with van der Waals surface area (Å²) in [5.74, 6) is -0.466. The highest BCUT2D eigenvalue weighted by atomic mass is 35.5. The Hall–Kier alpha value is -2.13. The van der Waals surface area contributed by atoms with Gasteiger partial charge in [0.05, 0.1) is 11.7 Å². The minimum atomic E-state index is -1.04. The van der Waals surface area contributed by atoms with Crippen molar-refractivity contribution in [2.24, 2.45) is 0 Å². The maximum absolute atomic E-state index is 11.9. The number of hydrogen-bond acceptors (Lipinski definition) is 4. The molecule has 2 N–H and O–H groups in total. The molecule has 0 saturated heterocycles. The molecule has 112 valence electrons. The molecular formula is C15H11Cl2N3O2. The minimum Gasteiger partial charge on any atom is -0.386 e. The van der Waals surface area contributed by atoms with Crippen LogP contribution in [-0.2, 0) is 0 Å². The summed E-state index contributed by atoms with van der Waals surface area (Å²) in [6, 6.07) is 9.72. The second-order valence-electron chi connectivity index (χ2n) is 4.41. The lowest BCUT2D eigenvalue weighted by Gasteiger charge is -2.15. The molecule has 22 heavy (non-hydrogen) atoms. The highest BCUT2D eigenvalue weighted by molar-refractivity contribution is 6.36. The average molecular weight is 336 g/mol. The SMILES string of the molecule is N#Cc1ccc(C(=O)NCC(O)c2c(Cl)cccc2Cl)nc1. The van der Waals surface area contributed by atoms with Crippen molar-refractivity contribution in [3.8, 4) is 6.07 Å². The van der Waals surface area contributed by atoms with Crippen molar-refractivity contribution in [3.63, 3.8) is 0 Å². The van der Waals surface area contributed by atoms with Gasteiger partial charge in [-0.25, -0.2) is 4.98 Å². The Balaban J connectivity index is 2.03. The van der Waals surface area contributed by atoms with Crippen LogP contribution in [0.15, 0.2) is 36.5 Å². The molecule has 1 heterocycles. The monoisotopic (exact) mass is 335 g/mol. The number of rotatable bonds is 4. The maximum Gasteiger partial charge on any atom is 0.269 e. The summed E-state index contributed by atoms with van der Waals surface area (Å²) in [6.45, 7) is -0.0655. The Morgan fingerprint density at radius 1 is 1.32 bits per heavy atom. The quantitative estimate of drug-likeness (QED) is 0.899. The molecule has 0 fully saturated rings. The van der Waals surface area contributed by atoms with Crippen LogP contribution in [0, 0.1) is 11.3 Å². The summed E-state index contributed by atoms with van der Waals surface area (Å²) in [4.78, 5) is 15.8. The van der Waals surface area contributed by atoms with E-state index in [0.717, 1.165) is 0 Å². The first kappa shape index (κ1) is 16.2. The fourth-order valence-corrected chi connectivity index (χ4v) is 2.45. The van der Waals surface area contributed by atoms with E-state index in [0.29, 0.717) is 21.2 Å². The van der Waals surface area contributed by atoms with Crippen LogP contribution in [0.2, 0.25) is 10.0 Å². The second-order valence-corrected chi connectivity index (χ2v) is 5.22. The standard InChI is InChI=1S/C15H11Cl2N3O2/c16-10-2-1-3-11(17)14(10)13(21)8-20-15(22)12-5-4-9(6-18)7-19-12/h1-5,7,13,21H,8H2,(H,20,22). The van der Waals surface area contributed by atoms with Crippen LogP contribution in [0.25, 0.3) is 0 Å². The third-order valence-corrected chi connectivity index (χ3v) is 3.57. The predicted octanol–water partition coefficient (Wildman–Crippen LogP) is 2.72. The van der Waals surface area contributed by atoms with Crippen molar-refractivity contribution >= 4 is 29.1 Å². The molecule has 0 radical (unpaired) electrons. The molecule has 0 bridgehead atoms. The highest BCUT2D eigenvalue weighted by Crippen LogP contribution is 2.29. The fraction of sp³-hybridized carbons (Fsp3) is 0.133. The minimum absolute atomic E-state index is 0.0655. The normalized spacial score (nSPS) is 11.5. The number of aromatic nitrogens is 1. The zero-order valence-electron chi connectivity index (χ0n) is 11.3. The van der Waals surface area contributed by atoms with Gasteiger partial charge >= 0.3 is 0 Å². The van der Waals surface area contributed by atoms with Gasteiger partial charge in [0, 0.05) is 28.4 Å². The number of carbonyl (C=O) groups excluding carboxylic acids is 1. The van der Waals surface area contributed by atoms with E-state index in [1.54, 1.807) is 18.2 Å². The molecule has 0 aliphatic rings. The van der Waals surface area contributed by atoms with Crippen molar-refractivity contribution in [1.82, 2.24) is 10.3 Å².